The predicted octanol–water partition coefficient (Wildman–Crippen LogP) is 2.20. The van der Waals surface area contributed by atoms with E-state index >= 15 is 0 Å². The van der Waals surface area contributed by atoms with Gasteiger partial charge in [0.05, 0.1) is 11.0 Å². The zero-order valence-corrected chi connectivity index (χ0v) is 16.2. The highest BCUT2D eigenvalue weighted by atomic mass is 16.2. The van der Waals surface area contributed by atoms with Crippen molar-refractivity contribution in [1.29, 1.82) is 0 Å². The van der Waals surface area contributed by atoms with Crippen LogP contribution in [0.1, 0.15) is 34.6 Å². The van der Waals surface area contributed by atoms with Crippen LogP contribution in [0.15, 0.2) is 53.6 Å². The zero-order chi connectivity index (χ0) is 20.0. The van der Waals surface area contributed by atoms with Crippen molar-refractivity contribution >= 4 is 5.91 Å². The molecular formula is C22H21N5O2. The summed E-state index contributed by atoms with van der Waals surface area (Å²) < 4.78 is 1.75. The molecule has 1 fully saturated rings. The van der Waals surface area contributed by atoms with Crippen LogP contribution in [0, 0.1) is 6.92 Å². The van der Waals surface area contributed by atoms with Gasteiger partial charge in [0.1, 0.15) is 5.82 Å². The van der Waals surface area contributed by atoms with Gasteiger partial charge in [-0.3, -0.25) is 19.1 Å². The average Bonchev–Trinajstić information content (AvgIpc) is 3.34. The molecular weight excluding hydrogens is 366 g/mol. The summed E-state index contributed by atoms with van der Waals surface area (Å²) in [4.78, 5) is 32.0. The first-order valence-corrected chi connectivity index (χ1v) is 9.82. The fourth-order valence-electron chi connectivity index (χ4n) is 4.52. The second kappa shape index (κ2) is 6.62. The molecule has 1 atom stereocenters. The summed E-state index contributed by atoms with van der Waals surface area (Å²) in [5.41, 5.74) is 2.31. The summed E-state index contributed by atoms with van der Waals surface area (Å²) in [7, 11) is 0. The van der Waals surface area contributed by atoms with Crippen molar-refractivity contribution in [3.63, 3.8) is 0 Å². The van der Waals surface area contributed by atoms with Crippen molar-refractivity contribution < 1.29 is 4.79 Å². The third kappa shape index (κ3) is 2.85. The van der Waals surface area contributed by atoms with E-state index in [0.717, 1.165) is 24.0 Å². The summed E-state index contributed by atoms with van der Waals surface area (Å²) in [6.45, 7) is 3.73. The lowest BCUT2D eigenvalue weighted by atomic mass is 9.85. The number of aromatic nitrogens is 4. The molecule has 146 valence electrons. The Morgan fingerprint density at radius 1 is 1.07 bits per heavy atom. The van der Waals surface area contributed by atoms with Crippen molar-refractivity contribution in [2.45, 2.75) is 31.7 Å². The number of likely N-dealkylation sites (tertiary alicyclic amines) is 1. The highest BCUT2D eigenvalue weighted by Crippen LogP contribution is 2.41. The number of carbonyl (C=O) groups excluding carboxylic acids is 1. The van der Waals surface area contributed by atoms with Crippen LogP contribution < -0.4 is 5.56 Å². The molecule has 7 nitrogen and oxygen atoms in total. The van der Waals surface area contributed by atoms with Crippen molar-refractivity contribution in [2.75, 3.05) is 13.1 Å². The van der Waals surface area contributed by atoms with E-state index < -0.39 is 0 Å². The van der Waals surface area contributed by atoms with Gasteiger partial charge in [-0.05, 0) is 31.4 Å². The van der Waals surface area contributed by atoms with E-state index in [4.69, 9.17) is 0 Å². The van der Waals surface area contributed by atoms with Crippen LogP contribution in [0.3, 0.4) is 0 Å². The van der Waals surface area contributed by atoms with E-state index in [1.165, 1.54) is 0 Å². The Labute approximate surface area is 168 Å². The lowest BCUT2D eigenvalue weighted by molar-refractivity contribution is 0.0782. The summed E-state index contributed by atoms with van der Waals surface area (Å²) in [6.07, 6.45) is 4.93. The van der Waals surface area contributed by atoms with Gasteiger partial charge in [-0.2, -0.15) is 0 Å². The average molecular weight is 387 g/mol. The third-order valence-corrected chi connectivity index (χ3v) is 6.05. The number of benzene rings is 1. The number of aryl methyl sites for hydroxylation is 1. The number of pyridine rings is 1. The number of carbonyl (C=O) groups is 1. The molecule has 7 heteroatoms. The van der Waals surface area contributed by atoms with Gasteiger partial charge < -0.3 is 4.90 Å². The number of amides is 1. The van der Waals surface area contributed by atoms with E-state index in [0.29, 0.717) is 36.7 Å². The van der Waals surface area contributed by atoms with Crippen molar-refractivity contribution in [3.8, 4) is 11.3 Å². The van der Waals surface area contributed by atoms with Crippen LogP contribution >= 0.6 is 0 Å². The predicted molar refractivity (Wildman–Crippen MR) is 108 cm³/mol. The van der Waals surface area contributed by atoms with Gasteiger partial charge in [0.2, 0.25) is 0 Å². The van der Waals surface area contributed by atoms with Gasteiger partial charge in [-0.1, -0.05) is 30.3 Å². The summed E-state index contributed by atoms with van der Waals surface area (Å²) in [5.74, 6) is 0.688. The van der Waals surface area contributed by atoms with Gasteiger partial charge in [0.25, 0.3) is 11.5 Å². The minimum atomic E-state index is -0.297. The van der Waals surface area contributed by atoms with Crippen LogP contribution in [0.5, 0.6) is 0 Å². The maximum absolute atomic E-state index is 13.0. The van der Waals surface area contributed by atoms with Crippen LogP contribution in [-0.4, -0.2) is 43.6 Å². The molecule has 0 N–H and O–H groups in total. The largest absolute Gasteiger partial charge is 0.338 e. The highest BCUT2D eigenvalue weighted by Gasteiger charge is 2.48. The molecule has 3 aromatic rings. The normalized spacial score (nSPS) is 20.2. The second-order valence-electron chi connectivity index (χ2n) is 7.95. The zero-order valence-electron chi connectivity index (χ0n) is 16.2. The van der Waals surface area contributed by atoms with Crippen molar-refractivity contribution in [3.05, 3.63) is 76.1 Å². The molecule has 2 aliphatic rings. The van der Waals surface area contributed by atoms with Crippen LogP contribution in [0.2, 0.25) is 0 Å². The third-order valence-electron chi connectivity index (χ3n) is 6.05. The SMILES string of the molecule is Cc1cncc(C(=O)N2CC[C@@]3(CCn4c3nnc(-c3ccccc3)c4=O)C2)c1. The van der Waals surface area contributed by atoms with Crippen molar-refractivity contribution in [2.24, 2.45) is 0 Å². The Morgan fingerprint density at radius 2 is 1.86 bits per heavy atom. The fraction of sp³-hybridized carbons (Fsp3) is 0.318. The first-order valence-electron chi connectivity index (χ1n) is 9.82. The Balaban J connectivity index is 1.46. The molecule has 0 aliphatic carbocycles. The summed E-state index contributed by atoms with van der Waals surface area (Å²) >= 11 is 0. The summed E-state index contributed by atoms with van der Waals surface area (Å²) in [5, 5.41) is 8.76. The van der Waals surface area contributed by atoms with Crippen LogP contribution in [0.4, 0.5) is 0 Å². The first-order chi connectivity index (χ1) is 14.1. The van der Waals surface area contributed by atoms with E-state index in [-0.39, 0.29) is 16.9 Å². The molecule has 0 radical (unpaired) electrons. The molecule has 29 heavy (non-hydrogen) atoms. The number of rotatable bonds is 2. The van der Waals surface area contributed by atoms with Gasteiger partial charge in [-0.25, -0.2) is 0 Å². The molecule has 2 aromatic heterocycles. The van der Waals surface area contributed by atoms with Crippen LogP contribution in [-0.2, 0) is 12.0 Å². The first kappa shape index (κ1) is 17.7. The van der Waals surface area contributed by atoms with E-state index in [1.807, 2.05) is 48.2 Å². The summed E-state index contributed by atoms with van der Waals surface area (Å²) in [6, 6.07) is 11.3. The maximum atomic E-state index is 13.0. The molecule has 0 bridgehead atoms. The lowest BCUT2D eigenvalue weighted by Crippen LogP contribution is -2.35. The monoisotopic (exact) mass is 387 g/mol. The molecule has 1 aromatic carbocycles. The van der Waals surface area contributed by atoms with Gasteiger partial charge in [0, 0.05) is 37.6 Å². The smallest absolute Gasteiger partial charge is 0.280 e. The standard InChI is InChI=1S/C22H21N5O2/c1-15-11-17(13-23-12-15)19(28)26-9-7-22(14-26)8-10-27-20(29)18(24-25-21(22)27)16-5-3-2-4-6-16/h2-6,11-13H,7-10,14H2,1H3/t22-/m1/s1. The molecule has 1 amide bonds. The lowest BCUT2D eigenvalue weighted by Gasteiger charge is -2.23. The Kier molecular flexibility index (Phi) is 4.04. The van der Waals surface area contributed by atoms with Crippen molar-refractivity contribution in [1.82, 2.24) is 24.6 Å². The number of hydrogen-bond donors (Lipinski definition) is 0. The Morgan fingerprint density at radius 3 is 2.66 bits per heavy atom. The fourth-order valence-corrected chi connectivity index (χ4v) is 4.52. The van der Waals surface area contributed by atoms with Gasteiger partial charge >= 0.3 is 0 Å². The molecule has 5 rings (SSSR count). The van der Waals surface area contributed by atoms with E-state index in [9.17, 15) is 9.59 Å². The highest BCUT2D eigenvalue weighted by molar-refractivity contribution is 5.94. The number of fused-ring (bicyclic) bond motifs is 2. The molecule has 1 spiro atoms. The minimum absolute atomic E-state index is 0.0206. The van der Waals surface area contributed by atoms with E-state index in [1.54, 1.807) is 17.0 Å². The molecule has 1 saturated heterocycles. The van der Waals surface area contributed by atoms with Crippen LogP contribution in [0.25, 0.3) is 11.3 Å². The van der Waals surface area contributed by atoms with Gasteiger partial charge in [0.15, 0.2) is 5.69 Å². The Bertz CT molecular complexity index is 1160. The quantitative estimate of drug-likeness (QED) is 0.673. The second-order valence-corrected chi connectivity index (χ2v) is 7.95. The Hall–Kier alpha value is -3.35. The number of nitrogens with zero attached hydrogens (tertiary/aromatic N) is 5. The van der Waals surface area contributed by atoms with Gasteiger partial charge in [-0.15, -0.1) is 10.2 Å². The van der Waals surface area contributed by atoms with E-state index in [2.05, 4.69) is 15.2 Å². The molecule has 0 saturated carbocycles. The minimum Gasteiger partial charge on any atom is -0.338 e. The number of hydrogen-bond acceptors (Lipinski definition) is 5. The molecule has 2 aliphatic heterocycles. The molecule has 0 unspecified atom stereocenters. The maximum Gasteiger partial charge on any atom is 0.280 e. The molecule has 4 heterocycles. The topological polar surface area (TPSA) is 81.0 Å².